The van der Waals surface area contributed by atoms with Crippen LogP contribution in [0.25, 0.3) is 0 Å². The maximum Gasteiger partial charge on any atom is 0.360 e. The first-order valence-electron chi connectivity index (χ1n) is 14.6. The molecule has 4 aliphatic rings. The van der Waals surface area contributed by atoms with E-state index in [1.54, 1.807) is 0 Å². The van der Waals surface area contributed by atoms with Crippen molar-refractivity contribution >= 4 is 103 Å². The van der Waals surface area contributed by atoms with Gasteiger partial charge in [0, 0.05) is 16.5 Å². The van der Waals surface area contributed by atoms with Gasteiger partial charge in [-0.15, -0.1) is 46.2 Å². The van der Waals surface area contributed by atoms with Crippen molar-refractivity contribution in [1.82, 2.24) is 30.4 Å². The summed E-state index contributed by atoms with van der Waals surface area (Å²) < 4.78 is 5.52. The van der Waals surface area contributed by atoms with E-state index in [0.717, 1.165) is 56.0 Å². The van der Waals surface area contributed by atoms with Crippen LogP contribution in [0.5, 0.6) is 0 Å². The molecule has 0 bridgehead atoms. The largest absolute Gasteiger partial charge is 0.476 e. The van der Waals surface area contributed by atoms with E-state index in [-0.39, 0.29) is 55.9 Å². The number of anilines is 2. The van der Waals surface area contributed by atoms with Gasteiger partial charge in [0.25, 0.3) is 23.6 Å². The van der Waals surface area contributed by atoms with Crippen LogP contribution in [0.1, 0.15) is 11.4 Å². The Labute approximate surface area is 308 Å². The van der Waals surface area contributed by atoms with Crippen molar-refractivity contribution in [1.29, 1.82) is 0 Å². The Hall–Kier alpha value is -5.24. The molecule has 6 heterocycles. The van der Waals surface area contributed by atoms with Crippen molar-refractivity contribution in [3.8, 4) is 0 Å². The molecule has 2 fully saturated rings. The number of aliphatic hydroxyl groups excluding tert-OH is 1. The fourth-order valence-electron chi connectivity index (χ4n) is 5.43. The zero-order chi connectivity index (χ0) is 37.4. The van der Waals surface area contributed by atoms with Crippen LogP contribution < -0.4 is 22.1 Å². The molecule has 2 saturated heterocycles. The number of carbonyl (C=O) groups is 6. The number of oxime groups is 2. The van der Waals surface area contributed by atoms with Gasteiger partial charge in [-0.2, -0.15) is 0 Å². The first kappa shape index (κ1) is 36.5. The summed E-state index contributed by atoms with van der Waals surface area (Å²) in [7, 11) is 2.43. The highest BCUT2D eigenvalue weighted by atomic mass is 32.2. The zero-order valence-corrected chi connectivity index (χ0v) is 29.9. The number of nitrogens with zero attached hydrogens (tertiary/aromatic N) is 6. The minimum absolute atomic E-state index is 0.0545. The maximum absolute atomic E-state index is 13.6. The number of amides is 4. The lowest BCUT2D eigenvalue weighted by Crippen LogP contribution is -2.71. The number of carboxylic acid groups (broad SMARTS) is 1. The summed E-state index contributed by atoms with van der Waals surface area (Å²) in [6.07, 6.45) is 0. The Kier molecular flexibility index (Phi) is 10.4. The van der Waals surface area contributed by atoms with Crippen LogP contribution in [-0.4, -0.2) is 132 Å². The molecule has 6 rings (SSSR count). The van der Waals surface area contributed by atoms with Crippen LogP contribution in [0.3, 0.4) is 0 Å². The molecule has 0 spiro atoms. The highest BCUT2D eigenvalue weighted by Crippen LogP contribution is 2.43. The predicted octanol–water partition coefficient (Wildman–Crippen LogP) is -1.95. The third-order valence-corrected chi connectivity index (χ3v) is 11.6. The topological polar surface area (TPSA) is 304 Å². The molecule has 52 heavy (non-hydrogen) atoms. The normalized spacial score (nSPS) is 22.9. The molecule has 4 amide bonds. The molecule has 21 nitrogen and oxygen atoms in total. The lowest BCUT2D eigenvalue weighted by atomic mass is 10.0. The van der Waals surface area contributed by atoms with Crippen LogP contribution in [-0.2, 0) is 43.2 Å². The predicted molar refractivity (Wildman–Crippen MR) is 185 cm³/mol. The number of aromatic nitrogens is 2. The molecule has 0 saturated carbocycles. The second-order valence-electron chi connectivity index (χ2n) is 10.7. The lowest BCUT2D eigenvalue weighted by molar-refractivity contribution is -0.153. The van der Waals surface area contributed by atoms with E-state index in [2.05, 4.69) is 30.9 Å². The molecule has 2 aromatic heterocycles. The number of ether oxygens (including phenoxy) is 1. The van der Waals surface area contributed by atoms with Crippen molar-refractivity contribution in [2.45, 2.75) is 22.8 Å². The molecule has 0 aromatic carbocycles. The first-order valence-corrected chi connectivity index (χ1v) is 18.4. The maximum atomic E-state index is 13.6. The van der Waals surface area contributed by atoms with Crippen LogP contribution in [0.4, 0.5) is 10.3 Å². The molecule has 0 aliphatic carbocycles. The number of hydrogen-bond acceptors (Lipinski definition) is 20. The molecule has 4 aliphatic heterocycles. The number of hydrogen-bond donors (Lipinski definition) is 6. The monoisotopic (exact) mass is 794 g/mol. The molecule has 25 heteroatoms. The van der Waals surface area contributed by atoms with Crippen molar-refractivity contribution < 1.29 is 53.4 Å². The van der Waals surface area contributed by atoms with Crippen LogP contribution in [0.2, 0.25) is 0 Å². The summed E-state index contributed by atoms with van der Waals surface area (Å²) in [5.41, 5.74) is 10.2. The summed E-state index contributed by atoms with van der Waals surface area (Å²) in [4.78, 5) is 98.3. The quantitative estimate of drug-likeness (QED) is 0.0589. The molecule has 2 aromatic rings. The molecule has 4 atom stereocenters. The number of nitrogen functional groups attached to an aromatic ring is 2. The lowest BCUT2D eigenvalue weighted by Gasteiger charge is -2.50. The molecule has 8 N–H and O–H groups in total. The summed E-state index contributed by atoms with van der Waals surface area (Å²) >= 11 is 4.27. The molecule has 274 valence electrons. The zero-order valence-electron chi connectivity index (χ0n) is 26.6. The van der Waals surface area contributed by atoms with E-state index in [1.165, 1.54) is 25.0 Å². The Morgan fingerprint density at radius 2 is 1.35 bits per heavy atom. The number of nitrogens with two attached hydrogens (primary N) is 2. The number of aliphatic hydroxyl groups is 1. The van der Waals surface area contributed by atoms with Gasteiger partial charge in [0.2, 0.25) is 0 Å². The van der Waals surface area contributed by atoms with Gasteiger partial charge in [0.1, 0.15) is 59.9 Å². The van der Waals surface area contributed by atoms with Crippen molar-refractivity contribution in [2.75, 3.05) is 43.8 Å². The number of rotatable bonds is 12. The number of β-lactam (4-membered cyclic amide) rings is 2. The first-order chi connectivity index (χ1) is 24.9. The fourth-order valence-corrected chi connectivity index (χ4v) is 9.11. The van der Waals surface area contributed by atoms with Crippen molar-refractivity contribution in [3.63, 3.8) is 0 Å². The Bertz CT molecular complexity index is 2010. The Morgan fingerprint density at radius 3 is 1.77 bits per heavy atom. The average molecular weight is 795 g/mol. The van der Waals surface area contributed by atoms with Crippen molar-refractivity contribution in [3.05, 3.63) is 44.9 Å². The number of nitrogens with one attached hydrogen (secondary N) is 2. The summed E-state index contributed by atoms with van der Waals surface area (Å²) in [5.74, 6) is -6.53. The van der Waals surface area contributed by atoms with Gasteiger partial charge in [-0.1, -0.05) is 10.3 Å². The third-order valence-electron chi connectivity index (χ3n) is 7.68. The van der Waals surface area contributed by atoms with Crippen LogP contribution in [0, 0.1) is 0 Å². The summed E-state index contributed by atoms with van der Waals surface area (Å²) in [5, 5.41) is 34.1. The number of carboxylic acids is 1. The number of aliphatic carboxylic acids is 1. The van der Waals surface area contributed by atoms with Gasteiger partial charge in [0.05, 0.1) is 12.4 Å². The van der Waals surface area contributed by atoms with E-state index in [1.807, 2.05) is 0 Å². The molecule has 0 radical (unpaired) electrons. The SMILES string of the molecule is CO/N=C(\C(=O)N[C@@H]1C(=O)N2C(C(=O)OC3=C(C(=O)O)N4C(=O)[C@@H](NC(=O)/C(=N\OC)c5csc(N)n5)[C@H]4SC3)=C(CO)CS[C@H]12)c1csc(N)n1. The summed E-state index contributed by atoms with van der Waals surface area (Å²) in [6.45, 7) is -0.643. The Balaban J connectivity index is 1.17. The standard InChI is InChI=1S/C27H26N10O11S4/c1-46-34-12(9-5-51-26(28)30-9)18(39)32-14-20(41)36-16(8(3-38)4-49-22(14)36)25(45)48-11-7-50-23-15(21(42)37(23)17(11)24(43)44)33-19(40)13(35-47-2)10-6-52-27(29)31-10/h5-6,14-15,22-23,38H,3-4,7H2,1-2H3,(H2,28,30)(H2,29,31)(H,32,39)(H,33,40)(H,43,44)/b34-12-,35-13-/t14-,15-,22-,23-/m1/s1. The molecular formula is C27H26N10O11S4. The van der Waals surface area contributed by atoms with E-state index in [0.29, 0.717) is 0 Å². The minimum atomic E-state index is -1.60. The third kappa shape index (κ3) is 6.51. The average Bonchev–Trinajstić information content (AvgIpc) is 3.76. The van der Waals surface area contributed by atoms with Gasteiger partial charge in [-0.25, -0.2) is 19.6 Å². The van der Waals surface area contributed by atoms with E-state index in [9.17, 15) is 39.0 Å². The number of thiazole rings is 2. The highest BCUT2D eigenvalue weighted by molar-refractivity contribution is 8.00. The van der Waals surface area contributed by atoms with Gasteiger partial charge in [0.15, 0.2) is 27.4 Å². The number of carbonyl (C=O) groups excluding carboxylic acids is 5. The summed E-state index contributed by atoms with van der Waals surface area (Å²) in [6, 6.07) is -2.32. The Morgan fingerprint density at radius 1 is 0.865 bits per heavy atom. The van der Waals surface area contributed by atoms with Crippen LogP contribution in [0.15, 0.2) is 43.8 Å². The number of thioether (sulfide) groups is 2. The van der Waals surface area contributed by atoms with Gasteiger partial charge < -0.3 is 46.7 Å². The molecular weight excluding hydrogens is 769 g/mol. The van der Waals surface area contributed by atoms with Gasteiger partial charge in [-0.05, 0) is 5.57 Å². The molecule has 0 unspecified atom stereocenters. The van der Waals surface area contributed by atoms with Gasteiger partial charge >= 0.3 is 11.9 Å². The van der Waals surface area contributed by atoms with E-state index >= 15 is 0 Å². The number of fused-ring (bicyclic) bond motifs is 2. The minimum Gasteiger partial charge on any atom is -0.476 e. The van der Waals surface area contributed by atoms with Gasteiger partial charge in [-0.3, -0.25) is 29.0 Å². The fraction of sp³-hybridized carbons (Fsp3) is 0.333. The second kappa shape index (κ2) is 14.8. The van der Waals surface area contributed by atoms with Crippen molar-refractivity contribution in [2.24, 2.45) is 10.3 Å². The second-order valence-corrected chi connectivity index (χ2v) is 14.7. The van der Waals surface area contributed by atoms with E-state index in [4.69, 9.17) is 25.9 Å². The smallest absolute Gasteiger partial charge is 0.360 e. The highest BCUT2D eigenvalue weighted by Gasteiger charge is 2.57. The van der Waals surface area contributed by atoms with E-state index < -0.39 is 76.5 Å². The van der Waals surface area contributed by atoms with Crippen LogP contribution >= 0.6 is 46.2 Å². The number of esters is 1.